The van der Waals surface area contributed by atoms with Gasteiger partial charge in [0.05, 0.1) is 7.11 Å². The van der Waals surface area contributed by atoms with Crippen molar-refractivity contribution in [1.29, 1.82) is 0 Å². The first kappa shape index (κ1) is 12.4. The van der Waals surface area contributed by atoms with E-state index >= 15 is 0 Å². The van der Waals surface area contributed by atoms with Gasteiger partial charge in [-0.05, 0) is 25.3 Å². The van der Waals surface area contributed by atoms with Crippen LogP contribution in [0, 0.1) is 12.7 Å². The van der Waals surface area contributed by atoms with Crippen LogP contribution in [0.4, 0.5) is 4.39 Å². The van der Waals surface area contributed by atoms with Crippen LogP contribution in [0.1, 0.15) is 43.2 Å². The van der Waals surface area contributed by atoms with Crippen LogP contribution in [0.3, 0.4) is 0 Å². The van der Waals surface area contributed by atoms with Crippen molar-refractivity contribution in [3.05, 3.63) is 29.1 Å². The topological polar surface area (TPSA) is 35.2 Å². The third-order valence-electron chi connectivity index (χ3n) is 3.78. The van der Waals surface area contributed by atoms with Crippen molar-refractivity contribution in [3.63, 3.8) is 0 Å². The van der Waals surface area contributed by atoms with E-state index in [9.17, 15) is 4.39 Å². The van der Waals surface area contributed by atoms with Crippen LogP contribution in [0.25, 0.3) is 0 Å². The molecule has 1 fully saturated rings. The van der Waals surface area contributed by atoms with Crippen LogP contribution in [0.15, 0.2) is 12.1 Å². The molecule has 0 radical (unpaired) electrons. The van der Waals surface area contributed by atoms with Crippen molar-refractivity contribution < 1.29 is 9.13 Å². The van der Waals surface area contributed by atoms with E-state index in [1.165, 1.54) is 13.5 Å². The summed E-state index contributed by atoms with van der Waals surface area (Å²) in [7, 11) is 1.51. The van der Waals surface area contributed by atoms with Crippen molar-refractivity contribution in [2.75, 3.05) is 7.11 Å². The van der Waals surface area contributed by atoms with E-state index in [4.69, 9.17) is 10.5 Å². The number of hydrogen-bond acceptors (Lipinski definition) is 2. The predicted octanol–water partition coefficient (Wildman–Crippen LogP) is 3.26. The summed E-state index contributed by atoms with van der Waals surface area (Å²) in [4.78, 5) is 0. The number of aryl methyl sites for hydroxylation is 1. The van der Waals surface area contributed by atoms with E-state index in [-0.39, 0.29) is 5.82 Å². The molecule has 1 aliphatic rings. The summed E-state index contributed by atoms with van der Waals surface area (Å²) >= 11 is 0. The second-order valence-electron chi connectivity index (χ2n) is 4.99. The first-order valence-electron chi connectivity index (χ1n) is 6.21. The molecule has 1 aromatic carbocycles. The SMILES string of the molecule is COc1c(C2(N)CCCCC2)ccc(C)c1F. The van der Waals surface area contributed by atoms with Crippen LogP contribution in [-0.2, 0) is 5.54 Å². The Hall–Kier alpha value is -1.09. The Morgan fingerprint density at radius 1 is 1.24 bits per heavy atom. The van der Waals surface area contributed by atoms with Gasteiger partial charge < -0.3 is 10.5 Å². The van der Waals surface area contributed by atoms with Gasteiger partial charge in [-0.2, -0.15) is 0 Å². The minimum Gasteiger partial charge on any atom is -0.493 e. The lowest BCUT2D eigenvalue weighted by Gasteiger charge is -2.35. The minimum absolute atomic E-state index is 0.277. The molecular weight excluding hydrogens is 217 g/mol. The molecule has 0 spiro atoms. The maximum atomic E-state index is 14.0. The summed E-state index contributed by atoms with van der Waals surface area (Å²) in [6, 6.07) is 3.71. The molecule has 0 aromatic heterocycles. The molecule has 1 aliphatic carbocycles. The minimum atomic E-state index is -0.419. The molecule has 94 valence electrons. The van der Waals surface area contributed by atoms with Gasteiger partial charge in [0.25, 0.3) is 0 Å². The standard InChI is InChI=1S/C14H20FNO/c1-10-6-7-11(13(17-2)12(10)15)14(16)8-4-3-5-9-14/h6-7H,3-5,8-9,16H2,1-2H3. The average Bonchev–Trinajstić information content (AvgIpc) is 2.33. The Bertz CT molecular complexity index is 411. The Labute approximate surface area is 102 Å². The maximum absolute atomic E-state index is 14.0. The molecule has 0 heterocycles. The van der Waals surface area contributed by atoms with Crippen molar-refractivity contribution >= 4 is 0 Å². The first-order valence-corrected chi connectivity index (χ1v) is 6.21. The number of rotatable bonds is 2. The fourth-order valence-electron chi connectivity index (χ4n) is 2.70. The van der Waals surface area contributed by atoms with E-state index in [2.05, 4.69) is 0 Å². The highest BCUT2D eigenvalue weighted by molar-refractivity contribution is 5.43. The van der Waals surface area contributed by atoms with Crippen LogP contribution in [-0.4, -0.2) is 7.11 Å². The molecule has 2 nitrogen and oxygen atoms in total. The first-order chi connectivity index (χ1) is 8.08. The lowest BCUT2D eigenvalue weighted by molar-refractivity contribution is 0.284. The summed E-state index contributed by atoms with van der Waals surface area (Å²) in [5.74, 6) is 0.0507. The Kier molecular flexibility index (Phi) is 3.38. The number of nitrogens with two attached hydrogens (primary N) is 1. The summed E-state index contributed by atoms with van der Waals surface area (Å²) in [6.45, 7) is 1.74. The van der Waals surface area contributed by atoms with Gasteiger partial charge in [0.15, 0.2) is 11.6 Å². The summed E-state index contributed by atoms with van der Waals surface area (Å²) < 4.78 is 19.2. The number of halogens is 1. The molecule has 2 N–H and O–H groups in total. The van der Waals surface area contributed by atoms with E-state index in [1.807, 2.05) is 6.07 Å². The van der Waals surface area contributed by atoms with E-state index in [0.717, 1.165) is 31.2 Å². The quantitative estimate of drug-likeness (QED) is 0.856. The van der Waals surface area contributed by atoms with Crippen molar-refractivity contribution in [2.24, 2.45) is 5.73 Å². The molecule has 1 saturated carbocycles. The number of methoxy groups -OCH3 is 1. The van der Waals surface area contributed by atoms with Gasteiger partial charge in [0.1, 0.15) is 0 Å². The highest BCUT2D eigenvalue weighted by Gasteiger charge is 2.33. The van der Waals surface area contributed by atoms with Gasteiger partial charge in [0.2, 0.25) is 0 Å². The maximum Gasteiger partial charge on any atom is 0.168 e. The fourth-order valence-corrected chi connectivity index (χ4v) is 2.70. The van der Waals surface area contributed by atoms with Gasteiger partial charge in [-0.25, -0.2) is 4.39 Å². The number of benzene rings is 1. The summed E-state index contributed by atoms with van der Waals surface area (Å²) in [5.41, 5.74) is 7.43. The monoisotopic (exact) mass is 237 g/mol. The van der Waals surface area contributed by atoms with Gasteiger partial charge in [-0.1, -0.05) is 31.4 Å². The molecule has 0 amide bonds. The van der Waals surface area contributed by atoms with E-state index in [0.29, 0.717) is 11.3 Å². The lowest BCUT2D eigenvalue weighted by Crippen LogP contribution is -2.39. The van der Waals surface area contributed by atoms with Crippen molar-refractivity contribution in [3.8, 4) is 5.75 Å². The van der Waals surface area contributed by atoms with Crippen molar-refractivity contribution in [1.82, 2.24) is 0 Å². The molecule has 0 unspecified atom stereocenters. The van der Waals surface area contributed by atoms with Gasteiger partial charge in [-0.3, -0.25) is 0 Å². The molecular formula is C14H20FNO. The van der Waals surface area contributed by atoms with Gasteiger partial charge in [0, 0.05) is 11.1 Å². The van der Waals surface area contributed by atoms with Gasteiger partial charge >= 0.3 is 0 Å². The third-order valence-corrected chi connectivity index (χ3v) is 3.78. The molecule has 1 aromatic rings. The van der Waals surface area contributed by atoms with Gasteiger partial charge in [-0.15, -0.1) is 0 Å². The highest BCUT2D eigenvalue weighted by Crippen LogP contribution is 2.40. The smallest absolute Gasteiger partial charge is 0.168 e. The molecule has 2 rings (SSSR count). The predicted molar refractivity (Wildman–Crippen MR) is 66.6 cm³/mol. The van der Waals surface area contributed by atoms with E-state index < -0.39 is 5.54 Å². The molecule has 0 atom stereocenters. The molecule has 0 aliphatic heterocycles. The molecule has 17 heavy (non-hydrogen) atoms. The van der Waals surface area contributed by atoms with Crippen LogP contribution in [0.2, 0.25) is 0 Å². The summed E-state index contributed by atoms with van der Waals surface area (Å²) in [6.07, 6.45) is 5.25. The van der Waals surface area contributed by atoms with Crippen molar-refractivity contribution in [2.45, 2.75) is 44.6 Å². The van der Waals surface area contributed by atoms with Crippen LogP contribution in [0.5, 0.6) is 5.75 Å². The second kappa shape index (κ2) is 4.65. The summed E-state index contributed by atoms with van der Waals surface area (Å²) in [5, 5.41) is 0. The Balaban J connectivity index is 2.47. The van der Waals surface area contributed by atoms with E-state index in [1.54, 1.807) is 13.0 Å². The Morgan fingerprint density at radius 3 is 2.47 bits per heavy atom. The zero-order valence-corrected chi connectivity index (χ0v) is 10.6. The third kappa shape index (κ3) is 2.16. The number of ether oxygens (including phenoxy) is 1. The normalized spacial score (nSPS) is 19.1. The fraction of sp³-hybridized carbons (Fsp3) is 0.571. The highest BCUT2D eigenvalue weighted by atomic mass is 19.1. The lowest BCUT2D eigenvalue weighted by atomic mass is 9.77. The molecule has 0 saturated heterocycles. The zero-order valence-electron chi connectivity index (χ0n) is 10.6. The second-order valence-corrected chi connectivity index (χ2v) is 4.99. The molecule has 0 bridgehead atoms. The Morgan fingerprint density at radius 2 is 1.88 bits per heavy atom. The zero-order chi connectivity index (χ0) is 12.5. The number of hydrogen-bond donors (Lipinski definition) is 1. The van der Waals surface area contributed by atoms with Crippen LogP contribution >= 0.6 is 0 Å². The average molecular weight is 237 g/mol. The largest absolute Gasteiger partial charge is 0.493 e. The van der Waals surface area contributed by atoms with Crippen LogP contribution < -0.4 is 10.5 Å². The molecule has 3 heteroatoms.